The molecule has 1 aromatic carbocycles. The molecule has 2 aromatic heterocycles. The van der Waals surface area contributed by atoms with Crippen LogP contribution in [0.4, 0.5) is 5.82 Å². The fraction of sp³-hybridized carbons (Fsp3) is 0.407. The van der Waals surface area contributed by atoms with Crippen LogP contribution >= 0.6 is 0 Å². The third-order valence-corrected chi connectivity index (χ3v) is 7.03. The second-order valence-corrected chi connectivity index (χ2v) is 9.45. The van der Waals surface area contributed by atoms with E-state index in [1.807, 2.05) is 28.9 Å². The Bertz CT molecular complexity index is 1310. The summed E-state index contributed by atoms with van der Waals surface area (Å²) < 4.78 is 1.89. The molecule has 5 rings (SSSR count). The molecule has 8 heteroatoms. The third kappa shape index (κ3) is 4.64. The molecule has 1 unspecified atom stereocenters. The number of hydrogen-bond donors (Lipinski definition) is 2. The number of aromatic nitrogens is 4. The highest BCUT2D eigenvalue weighted by molar-refractivity contribution is 5.98. The van der Waals surface area contributed by atoms with E-state index < -0.39 is 5.60 Å². The van der Waals surface area contributed by atoms with Crippen molar-refractivity contribution in [3.63, 3.8) is 0 Å². The van der Waals surface area contributed by atoms with E-state index in [1.54, 1.807) is 4.90 Å². The normalized spacial score (nSPS) is 19.7. The van der Waals surface area contributed by atoms with Crippen molar-refractivity contribution < 1.29 is 9.90 Å². The molecule has 1 atom stereocenters. The number of carbonyl (C=O) groups is 1. The fourth-order valence-corrected chi connectivity index (χ4v) is 5.10. The monoisotopic (exact) mass is 470 g/mol. The predicted molar refractivity (Wildman–Crippen MR) is 135 cm³/mol. The van der Waals surface area contributed by atoms with Crippen LogP contribution in [0.15, 0.2) is 43.2 Å². The second kappa shape index (κ2) is 9.51. The van der Waals surface area contributed by atoms with Gasteiger partial charge in [0.2, 0.25) is 5.91 Å². The number of piperidine rings is 1. The zero-order valence-electron chi connectivity index (χ0n) is 19.8. The molecule has 1 aliphatic heterocycles. The van der Waals surface area contributed by atoms with Crippen LogP contribution in [0, 0.1) is 11.8 Å². The number of nitrogen functional groups attached to an aromatic ring is 1. The van der Waals surface area contributed by atoms with Crippen LogP contribution in [0.3, 0.4) is 0 Å². The average Bonchev–Trinajstić information content (AvgIpc) is 3.29. The Balaban J connectivity index is 1.47. The van der Waals surface area contributed by atoms with Crippen LogP contribution in [-0.2, 0) is 4.79 Å². The maximum Gasteiger partial charge on any atom is 0.246 e. The number of carbonyl (C=O) groups excluding carboxylic acids is 1. The average molecular weight is 471 g/mol. The number of likely N-dealkylation sites (tertiary alicyclic amines) is 1. The topological polar surface area (TPSA) is 110 Å². The molecule has 35 heavy (non-hydrogen) atoms. The Morgan fingerprint density at radius 3 is 2.69 bits per heavy atom. The van der Waals surface area contributed by atoms with Gasteiger partial charge < -0.3 is 15.7 Å². The third-order valence-electron chi connectivity index (χ3n) is 7.03. The van der Waals surface area contributed by atoms with Gasteiger partial charge in [0.05, 0.1) is 11.4 Å². The van der Waals surface area contributed by atoms with Crippen LogP contribution in [0.5, 0.6) is 0 Å². The number of fused-ring (bicyclic) bond motifs is 1. The van der Waals surface area contributed by atoms with Gasteiger partial charge in [-0.15, -0.1) is 0 Å². The minimum Gasteiger partial charge on any atom is -0.383 e. The lowest BCUT2D eigenvalue weighted by molar-refractivity contribution is -0.127. The van der Waals surface area contributed by atoms with Crippen LogP contribution in [0.1, 0.15) is 56.6 Å². The first-order valence-electron chi connectivity index (χ1n) is 12.2. The Morgan fingerprint density at radius 2 is 1.94 bits per heavy atom. The lowest BCUT2D eigenvalue weighted by Gasteiger charge is -2.32. The summed E-state index contributed by atoms with van der Waals surface area (Å²) in [5, 5.41) is 16.3. The molecule has 2 aliphatic rings. The van der Waals surface area contributed by atoms with Crippen molar-refractivity contribution in [3.05, 3.63) is 48.8 Å². The number of anilines is 1. The maximum atomic E-state index is 12.2. The highest BCUT2D eigenvalue weighted by Crippen LogP contribution is 2.34. The summed E-state index contributed by atoms with van der Waals surface area (Å²) in [4.78, 5) is 22.7. The van der Waals surface area contributed by atoms with E-state index in [4.69, 9.17) is 10.8 Å². The Labute approximate surface area is 204 Å². The minimum absolute atomic E-state index is 0.0143. The highest BCUT2D eigenvalue weighted by Gasteiger charge is 2.28. The van der Waals surface area contributed by atoms with Gasteiger partial charge in [0.1, 0.15) is 23.4 Å². The quantitative estimate of drug-likeness (QED) is 0.448. The van der Waals surface area contributed by atoms with Gasteiger partial charge in [-0.2, -0.15) is 5.10 Å². The molecule has 1 aliphatic carbocycles. The number of rotatable bonds is 3. The van der Waals surface area contributed by atoms with E-state index >= 15 is 0 Å². The first kappa shape index (κ1) is 23.1. The molecule has 3 N–H and O–H groups in total. The smallest absolute Gasteiger partial charge is 0.246 e. The van der Waals surface area contributed by atoms with Gasteiger partial charge in [0.15, 0.2) is 5.65 Å². The van der Waals surface area contributed by atoms with Crippen molar-refractivity contribution in [2.75, 3.05) is 18.8 Å². The van der Waals surface area contributed by atoms with Crippen LogP contribution in [-0.4, -0.2) is 54.4 Å². The molecule has 1 saturated heterocycles. The minimum atomic E-state index is -0.876. The van der Waals surface area contributed by atoms with Crippen LogP contribution < -0.4 is 5.73 Å². The molecule has 1 amide bonds. The summed E-state index contributed by atoms with van der Waals surface area (Å²) in [6.07, 6.45) is 9.23. The first-order chi connectivity index (χ1) is 17.0. The van der Waals surface area contributed by atoms with Crippen molar-refractivity contribution in [1.29, 1.82) is 0 Å². The number of nitrogens with two attached hydrogens (primary N) is 1. The van der Waals surface area contributed by atoms with Gasteiger partial charge in [0, 0.05) is 24.2 Å². The standard InChI is InChI=1S/C27H30N6O2/c1-2-22(34)32-16-6-7-21(17-32)33-26-23(25(28)29-18-30-26)24(31-33)20-10-8-19(9-11-20)12-15-27(35)13-4-3-5-14-27/h2,8-11,18,21,35H,1,3-7,13-14,16-17H2,(H2,28,29,30). The first-order valence-corrected chi connectivity index (χ1v) is 12.2. The van der Waals surface area contributed by atoms with E-state index in [-0.39, 0.29) is 11.9 Å². The molecule has 3 heterocycles. The predicted octanol–water partition coefficient (Wildman–Crippen LogP) is 3.47. The molecular formula is C27H30N6O2. The van der Waals surface area contributed by atoms with E-state index in [9.17, 15) is 9.90 Å². The van der Waals surface area contributed by atoms with Crippen molar-refractivity contribution in [1.82, 2.24) is 24.6 Å². The van der Waals surface area contributed by atoms with Crippen molar-refractivity contribution in [2.45, 2.75) is 56.6 Å². The molecule has 3 aromatic rings. The molecule has 0 spiro atoms. The summed E-state index contributed by atoms with van der Waals surface area (Å²) in [7, 11) is 0. The van der Waals surface area contributed by atoms with E-state index in [1.165, 1.54) is 12.4 Å². The number of benzene rings is 1. The lowest BCUT2D eigenvalue weighted by atomic mass is 9.85. The van der Waals surface area contributed by atoms with Gasteiger partial charge in [-0.1, -0.05) is 37.0 Å². The van der Waals surface area contributed by atoms with Crippen LogP contribution in [0.25, 0.3) is 22.3 Å². The largest absolute Gasteiger partial charge is 0.383 e. The van der Waals surface area contributed by atoms with Crippen LogP contribution in [0.2, 0.25) is 0 Å². The summed E-state index contributed by atoms with van der Waals surface area (Å²) in [6, 6.07) is 7.78. The molecule has 2 fully saturated rings. The van der Waals surface area contributed by atoms with Gasteiger partial charge in [-0.3, -0.25) is 4.79 Å². The van der Waals surface area contributed by atoms with Gasteiger partial charge in [-0.25, -0.2) is 14.6 Å². The maximum absolute atomic E-state index is 12.2. The van der Waals surface area contributed by atoms with E-state index in [0.29, 0.717) is 35.6 Å². The highest BCUT2D eigenvalue weighted by atomic mass is 16.3. The Morgan fingerprint density at radius 1 is 1.17 bits per heavy atom. The summed E-state index contributed by atoms with van der Waals surface area (Å²) in [6.45, 7) is 4.87. The molecule has 0 bridgehead atoms. The Kier molecular flexibility index (Phi) is 6.27. The van der Waals surface area contributed by atoms with Crippen molar-refractivity contribution >= 4 is 22.8 Å². The second-order valence-electron chi connectivity index (χ2n) is 9.45. The van der Waals surface area contributed by atoms with Gasteiger partial charge in [0.25, 0.3) is 0 Å². The Hall–Kier alpha value is -3.70. The molecule has 8 nitrogen and oxygen atoms in total. The number of amides is 1. The molecule has 0 radical (unpaired) electrons. The molecular weight excluding hydrogens is 440 g/mol. The van der Waals surface area contributed by atoms with E-state index in [0.717, 1.165) is 56.1 Å². The summed E-state index contributed by atoms with van der Waals surface area (Å²) in [5.74, 6) is 6.52. The fourth-order valence-electron chi connectivity index (χ4n) is 5.10. The molecule has 1 saturated carbocycles. The number of aliphatic hydroxyl groups is 1. The number of hydrogen-bond acceptors (Lipinski definition) is 6. The van der Waals surface area contributed by atoms with Crippen molar-refractivity contribution in [2.24, 2.45) is 0 Å². The summed E-state index contributed by atoms with van der Waals surface area (Å²) in [5.41, 5.74) is 8.49. The summed E-state index contributed by atoms with van der Waals surface area (Å²) >= 11 is 0. The van der Waals surface area contributed by atoms with E-state index in [2.05, 4.69) is 28.4 Å². The zero-order chi connectivity index (χ0) is 24.4. The SMILES string of the molecule is C=CC(=O)N1CCCC(n2nc(-c3ccc(C#CC4(O)CCCCC4)cc3)c3c(N)ncnc32)C1. The zero-order valence-corrected chi connectivity index (χ0v) is 19.8. The lowest BCUT2D eigenvalue weighted by Crippen LogP contribution is -2.40. The van der Waals surface area contributed by atoms with Gasteiger partial charge in [-0.05, 0) is 56.7 Å². The molecule has 180 valence electrons. The number of nitrogens with zero attached hydrogens (tertiary/aromatic N) is 5. The van der Waals surface area contributed by atoms with Crippen molar-refractivity contribution in [3.8, 4) is 23.1 Å². The van der Waals surface area contributed by atoms with Gasteiger partial charge >= 0.3 is 0 Å².